The van der Waals surface area contributed by atoms with Crippen molar-refractivity contribution in [2.75, 3.05) is 26.0 Å². The number of nitrogens with zero attached hydrogens (tertiary/aromatic N) is 2. The van der Waals surface area contributed by atoms with Crippen molar-refractivity contribution in [2.24, 2.45) is 0 Å². The van der Waals surface area contributed by atoms with Crippen LogP contribution in [-0.2, 0) is 4.74 Å². The molecule has 1 aromatic heterocycles. The zero-order valence-electron chi connectivity index (χ0n) is 11.3. The van der Waals surface area contributed by atoms with E-state index < -0.39 is 5.82 Å². The Bertz CT molecular complexity index is 481. The Hall–Kier alpha value is -1.69. The van der Waals surface area contributed by atoms with Crippen molar-refractivity contribution in [1.82, 2.24) is 9.88 Å². The van der Waals surface area contributed by atoms with Gasteiger partial charge < -0.3 is 15.0 Å². The van der Waals surface area contributed by atoms with Gasteiger partial charge in [-0.3, -0.25) is 4.79 Å². The molecule has 1 amide bonds. The summed E-state index contributed by atoms with van der Waals surface area (Å²) >= 11 is 0. The van der Waals surface area contributed by atoms with Gasteiger partial charge in [-0.05, 0) is 19.4 Å². The van der Waals surface area contributed by atoms with Gasteiger partial charge in [0.1, 0.15) is 0 Å². The quantitative estimate of drug-likeness (QED) is 0.902. The van der Waals surface area contributed by atoms with Crippen molar-refractivity contribution >= 4 is 11.7 Å². The second-order valence-electron chi connectivity index (χ2n) is 4.62. The van der Waals surface area contributed by atoms with Crippen LogP contribution in [0.25, 0.3) is 0 Å². The number of aromatic nitrogens is 1. The molecule has 2 heterocycles. The van der Waals surface area contributed by atoms with Gasteiger partial charge in [0, 0.05) is 26.9 Å². The maximum absolute atomic E-state index is 14.1. The molecule has 2 unspecified atom stereocenters. The van der Waals surface area contributed by atoms with E-state index >= 15 is 0 Å². The van der Waals surface area contributed by atoms with Gasteiger partial charge in [-0.1, -0.05) is 0 Å². The van der Waals surface area contributed by atoms with Gasteiger partial charge in [-0.15, -0.1) is 0 Å². The number of hydrogen-bond acceptors (Lipinski definition) is 4. The number of nitrogens with one attached hydrogen (secondary N) is 1. The highest BCUT2D eigenvalue weighted by Gasteiger charge is 2.32. The van der Waals surface area contributed by atoms with Crippen molar-refractivity contribution in [2.45, 2.75) is 25.5 Å². The average Bonchev–Trinajstić information content (AvgIpc) is 2.83. The summed E-state index contributed by atoms with van der Waals surface area (Å²) in [7, 11) is 3.24. The Balaban J connectivity index is 2.24. The van der Waals surface area contributed by atoms with Crippen LogP contribution < -0.4 is 5.32 Å². The van der Waals surface area contributed by atoms with Gasteiger partial charge in [-0.25, -0.2) is 9.37 Å². The topological polar surface area (TPSA) is 54.5 Å². The number of halogens is 1. The predicted molar refractivity (Wildman–Crippen MR) is 69.7 cm³/mol. The van der Waals surface area contributed by atoms with Crippen molar-refractivity contribution in [1.29, 1.82) is 0 Å². The van der Waals surface area contributed by atoms with Crippen LogP contribution in [0.1, 0.15) is 23.7 Å². The summed E-state index contributed by atoms with van der Waals surface area (Å²) in [5.41, 5.74) is 0.0287. The molecule has 1 fully saturated rings. The van der Waals surface area contributed by atoms with Gasteiger partial charge in [0.2, 0.25) is 0 Å². The fourth-order valence-corrected chi connectivity index (χ4v) is 2.35. The summed E-state index contributed by atoms with van der Waals surface area (Å²) < 4.78 is 19.5. The van der Waals surface area contributed by atoms with Crippen LogP contribution in [0.2, 0.25) is 0 Å². The Kier molecular flexibility index (Phi) is 3.99. The summed E-state index contributed by atoms with van der Waals surface area (Å²) in [5, 5.41) is 2.63. The summed E-state index contributed by atoms with van der Waals surface area (Å²) in [5.74, 6) is -0.887. The van der Waals surface area contributed by atoms with Crippen LogP contribution in [0, 0.1) is 5.82 Å². The molecule has 19 heavy (non-hydrogen) atoms. The first-order chi connectivity index (χ1) is 9.06. The van der Waals surface area contributed by atoms with Crippen molar-refractivity contribution in [3.8, 4) is 0 Å². The number of rotatable bonds is 3. The van der Waals surface area contributed by atoms with E-state index in [4.69, 9.17) is 4.74 Å². The third-order valence-corrected chi connectivity index (χ3v) is 3.51. The Morgan fingerprint density at radius 2 is 2.37 bits per heavy atom. The van der Waals surface area contributed by atoms with E-state index in [9.17, 15) is 9.18 Å². The largest absolute Gasteiger partial charge is 0.376 e. The minimum Gasteiger partial charge on any atom is -0.376 e. The molecule has 2 atom stereocenters. The van der Waals surface area contributed by atoms with Crippen molar-refractivity contribution in [3.63, 3.8) is 0 Å². The Labute approximate surface area is 111 Å². The summed E-state index contributed by atoms with van der Waals surface area (Å²) in [6.45, 7) is 2.55. The van der Waals surface area contributed by atoms with E-state index in [1.54, 1.807) is 19.0 Å². The lowest BCUT2D eigenvalue weighted by molar-refractivity contribution is 0.0571. The molecule has 104 valence electrons. The van der Waals surface area contributed by atoms with Gasteiger partial charge >= 0.3 is 0 Å². The minimum absolute atomic E-state index is 0.0156. The third-order valence-electron chi connectivity index (χ3n) is 3.51. The first-order valence-electron chi connectivity index (χ1n) is 6.27. The lowest BCUT2D eigenvalue weighted by Crippen LogP contribution is -2.41. The lowest BCUT2D eigenvalue weighted by atomic mass is 10.1. The lowest BCUT2D eigenvalue weighted by Gasteiger charge is -2.27. The molecule has 6 heteroatoms. The number of carbonyl (C=O) groups is 1. The smallest absolute Gasteiger partial charge is 0.257 e. The molecule has 0 bridgehead atoms. The average molecular weight is 267 g/mol. The first-order valence-corrected chi connectivity index (χ1v) is 6.27. The molecular weight excluding hydrogens is 249 g/mol. The minimum atomic E-state index is -0.617. The molecule has 0 aromatic carbocycles. The molecule has 0 aliphatic carbocycles. The predicted octanol–water partition coefficient (Wildman–Crippen LogP) is 1.51. The van der Waals surface area contributed by atoms with E-state index in [0.29, 0.717) is 6.61 Å². The van der Waals surface area contributed by atoms with Crippen molar-refractivity contribution in [3.05, 3.63) is 23.6 Å². The highest BCUT2D eigenvalue weighted by molar-refractivity contribution is 5.95. The van der Waals surface area contributed by atoms with E-state index in [1.807, 2.05) is 6.92 Å². The highest BCUT2D eigenvalue weighted by Crippen LogP contribution is 2.22. The zero-order valence-corrected chi connectivity index (χ0v) is 11.3. The molecule has 1 aliphatic rings. The van der Waals surface area contributed by atoms with Gasteiger partial charge in [0.25, 0.3) is 5.91 Å². The molecular formula is C13H18FN3O2. The standard InChI is InChI=1S/C13H18FN3O2/c1-8-10(5-7-19-8)17(3)13(18)9-4-6-16-12(15-2)11(9)14/h4,6,8,10H,5,7H2,1-3H3,(H,15,16). The number of ether oxygens (including phenoxy) is 1. The summed E-state index contributed by atoms with van der Waals surface area (Å²) in [6.07, 6.45) is 2.17. The maximum atomic E-state index is 14.1. The fourth-order valence-electron chi connectivity index (χ4n) is 2.35. The van der Waals surface area contributed by atoms with Gasteiger partial charge in [-0.2, -0.15) is 0 Å². The van der Waals surface area contributed by atoms with Crippen molar-refractivity contribution < 1.29 is 13.9 Å². The third kappa shape index (κ3) is 2.53. The van der Waals surface area contributed by atoms with Crippen LogP contribution >= 0.6 is 0 Å². The van der Waals surface area contributed by atoms with Crippen LogP contribution in [0.15, 0.2) is 12.3 Å². The van der Waals surface area contributed by atoms with Gasteiger partial charge in [0.15, 0.2) is 11.6 Å². The van der Waals surface area contributed by atoms with Crippen LogP contribution in [-0.4, -0.2) is 48.6 Å². The van der Waals surface area contributed by atoms with E-state index in [-0.39, 0.29) is 29.4 Å². The molecule has 0 radical (unpaired) electrons. The molecule has 1 N–H and O–H groups in total. The van der Waals surface area contributed by atoms with E-state index in [2.05, 4.69) is 10.3 Å². The molecule has 1 saturated heterocycles. The molecule has 2 rings (SSSR count). The second-order valence-corrected chi connectivity index (χ2v) is 4.62. The Morgan fingerprint density at radius 1 is 1.63 bits per heavy atom. The number of hydrogen-bond donors (Lipinski definition) is 1. The van der Waals surface area contributed by atoms with E-state index in [0.717, 1.165) is 6.42 Å². The maximum Gasteiger partial charge on any atom is 0.257 e. The summed E-state index contributed by atoms with van der Waals surface area (Å²) in [6, 6.07) is 1.38. The number of carbonyl (C=O) groups excluding carboxylic acids is 1. The molecule has 0 spiro atoms. The van der Waals surface area contributed by atoms with Gasteiger partial charge in [0.05, 0.1) is 17.7 Å². The second kappa shape index (κ2) is 5.52. The first kappa shape index (κ1) is 13.7. The fraction of sp³-hybridized carbons (Fsp3) is 0.538. The molecule has 1 aliphatic heterocycles. The highest BCUT2D eigenvalue weighted by atomic mass is 19.1. The number of amides is 1. The van der Waals surface area contributed by atoms with Crippen LogP contribution in [0.4, 0.5) is 10.2 Å². The monoisotopic (exact) mass is 267 g/mol. The van der Waals surface area contributed by atoms with Crippen LogP contribution in [0.3, 0.4) is 0 Å². The van der Waals surface area contributed by atoms with Crippen LogP contribution in [0.5, 0.6) is 0 Å². The Morgan fingerprint density at radius 3 is 2.95 bits per heavy atom. The van der Waals surface area contributed by atoms with E-state index in [1.165, 1.54) is 12.3 Å². The number of likely N-dealkylation sites (N-methyl/N-ethyl adjacent to an activating group) is 1. The molecule has 0 saturated carbocycles. The number of anilines is 1. The molecule has 5 nitrogen and oxygen atoms in total. The summed E-state index contributed by atoms with van der Waals surface area (Å²) in [4.78, 5) is 17.7. The zero-order chi connectivity index (χ0) is 14.0. The number of pyridine rings is 1. The SMILES string of the molecule is CNc1nccc(C(=O)N(C)C2CCOC2C)c1F. The normalized spacial score (nSPS) is 22.3. The molecule has 1 aromatic rings.